The molecule has 0 N–H and O–H groups in total. The number of aliphatic imine (C=N–C) groups is 1. The lowest BCUT2D eigenvalue weighted by Crippen LogP contribution is -2.44. The van der Waals surface area contributed by atoms with Crippen molar-refractivity contribution in [1.82, 2.24) is 4.31 Å². The highest BCUT2D eigenvalue weighted by Crippen LogP contribution is 2.39. The Bertz CT molecular complexity index is 1370. The SMILES string of the molecule is COc1cc(F)c(C2CN(S(=O)(=O)C(C)(C)C)C(=O)[C@H]2N=C(c2ccccc2)c2ccccc2)c(F)c1. The molecule has 0 radical (unpaired) electrons. The molecule has 1 saturated heterocycles. The predicted molar refractivity (Wildman–Crippen MR) is 138 cm³/mol. The first-order valence-electron chi connectivity index (χ1n) is 11.7. The molecule has 0 saturated carbocycles. The molecule has 1 unspecified atom stereocenters. The van der Waals surface area contributed by atoms with E-state index >= 15 is 8.78 Å². The van der Waals surface area contributed by atoms with Crippen molar-refractivity contribution in [3.05, 3.63) is 101 Å². The normalized spacial score (nSPS) is 18.1. The summed E-state index contributed by atoms with van der Waals surface area (Å²) in [6.45, 7) is 3.96. The van der Waals surface area contributed by atoms with Gasteiger partial charge in [-0.15, -0.1) is 0 Å². The van der Waals surface area contributed by atoms with Crippen molar-refractivity contribution < 1.29 is 26.7 Å². The molecule has 9 heteroatoms. The van der Waals surface area contributed by atoms with Gasteiger partial charge < -0.3 is 4.74 Å². The Kier molecular flexibility index (Phi) is 7.19. The highest BCUT2D eigenvalue weighted by atomic mass is 32.2. The first-order valence-corrected chi connectivity index (χ1v) is 13.2. The number of rotatable bonds is 6. The number of ether oxygens (including phenoxy) is 1. The maximum atomic E-state index is 15.2. The molecule has 37 heavy (non-hydrogen) atoms. The van der Waals surface area contributed by atoms with Gasteiger partial charge in [0, 0.05) is 41.3 Å². The van der Waals surface area contributed by atoms with Gasteiger partial charge in [0.15, 0.2) is 0 Å². The van der Waals surface area contributed by atoms with E-state index in [9.17, 15) is 13.2 Å². The van der Waals surface area contributed by atoms with E-state index in [0.717, 1.165) is 12.1 Å². The number of amides is 1. The van der Waals surface area contributed by atoms with E-state index in [2.05, 4.69) is 0 Å². The maximum absolute atomic E-state index is 15.2. The third-order valence-electron chi connectivity index (χ3n) is 6.33. The average Bonchev–Trinajstić information content (AvgIpc) is 3.18. The number of methoxy groups -OCH3 is 1. The Morgan fingerprint density at radius 2 is 1.43 bits per heavy atom. The number of halogens is 2. The fraction of sp³-hybridized carbons (Fsp3) is 0.286. The molecule has 0 spiro atoms. The van der Waals surface area contributed by atoms with Crippen LogP contribution in [0.2, 0.25) is 0 Å². The minimum Gasteiger partial charge on any atom is -0.497 e. The highest BCUT2D eigenvalue weighted by molar-refractivity contribution is 7.91. The van der Waals surface area contributed by atoms with Crippen LogP contribution in [0, 0.1) is 11.6 Å². The van der Waals surface area contributed by atoms with Crippen molar-refractivity contribution >= 4 is 21.6 Å². The van der Waals surface area contributed by atoms with Crippen LogP contribution in [0.25, 0.3) is 0 Å². The molecular weight excluding hydrogens is 498 g/mol. The van der Waals surface area contributed by atoms with Gasteiger partial charge in [-0.3, -0.25) is 9.79 Å². The zero-order valence-electron chi connectivity index (χ0n) is 21.0. The Morgan fingerprint density at radius 3 is 1.86 bits per heavy atom. The Balaban J connectivity index is 1.94. The molecule has 6 nitrogen and oxygen atoms in total. The van der Waals surface area contributed by atoms with Gasteiger partial charge in [-0.1, -0.05) is 60.7 Å². The zero-order chi connectivity index (χ0) is 27.0. The van der Waals surface area contributed by atoms with Gasteiger partial charge in [0.25, 0.3) is 5.91 Å². The molecule has 194 valence electrons. The highest BCUT2D eigenvalue weighted by Gasteiger charge is 2.51. The minimum atomic E-state index is -4.16. The van der Waals surface area contributed by atoms with Crippen LogP contribution in [0.3, 0.4) is 0 Å². The lowest BCUT2D eigenvalue weighted by atomic mass is 9.92. The number of nitrogens with zero attached hydrogens (tertiary/aromatic N) is 2. The first-order chi connectivity index (χ1) is 17.5. The monoisotopic (exact) mass is 526 g/mol. The summed E-state index contributed by atoms with van der Waals surface area (Å²) in [5, 5.41) is 0. The summed E-state index contributed by atoms with van der Waals surface area (Å²) in [6, 6.07) is 18.7. The van der Waals surface area contributed by atoms with Crippen LogP contribution in [0.15, 0.2) is 77.8 Å². The van der Waals surface area contributed by atoms with Gasteiger partial charge in [0.2, 0.25) is 10.0 Å². The van der Waals surface area contributed by atoms with Gasteiger partial charge in [-0.2, -0.15) is 0 Å². The number of hydrogen-bond acceptors (Lipinski definition) is 5. The molecule has 1 aliphatic heterocycles. The molecule has 0 aromatic heterocycles. The Morgan fingerprint density at radius 1 is 0.946 bits per heavy atom. The summed E-state index contributed by atoms with van der Waals surface area (Å²) < 4.78 is 61.5. The van der Waals surface area contributed by atoms with Crippen LogP contribution in [0.4, 0.5) is 8.78 Å². The van der Waals surface area contributed by atoms with Crippen LogP contribution in [-0.4, -0.2) is 48.8 Å². The van der Waals surface area contributed by atoms with Gasteiger partial charge in [0.05, 0.1) is 17.6 Å². The molecular formula is C28H28F2N2O4S. The molecule has 1 aliphatic rings. The number of carbonyl (C=O) groups excluding carboxylic acids is 1. The third kappa shape index (κ3) is 5.00. The lowest BCUT2D eigenvalue weighted by Gasteiger charge is -2.26. The summed E-state index contributed by atoms with van der Waals surface area (Å²) in [5.41, 5.74) is 1.35. The smallest absolute Gasteiger partial charge is 0.261 e. The number of sulfonamides is 1. The largest absolute Gasteiger partial charge is 0.497 e. The molecule has 4 rings (SSSR count). The molecule has 2 atom stereocenters. The van der Waals surface area contributed by atoms with E-state index in [1.807, 2.05) is 12.1 Å². The van der Waals surface area contributed by atoms with E-state index < -0.39 is 56.4 Å². The second kappa shape index (κ2) is 10.0. The summed E-state index contributed by atoms with van der Waals surface area (Å²) in [6.07, 6.45) is 0. The van der Waals surface area contributed by atoms with E-state index in [-0.39, 0.29) is 5.75 Å². The average molecular weight is 527 g/mol. The maximum Gasteiger partial charge on any atom is 0.261 e. The minimum absolute atomic E-state index is 0.0310. The fourth-order valence-corrected chi connectivity index (χ4v) is 5.67. The van der Waals surface area contributed by atoms with Gasteiger partial charge in [-0.05, 0) is 20.8 Å². The number of benzene rings is 3. The third-order valence-corrected chi connectivity index (χ3v) is 8.79. The van der Waals surface area contributed by atoms with E-state index in [0.29, 0.717) is 21.1 Å². The molecule has 0 aliphatic carbocycles. The van der Waals surface area contributed by atoms with E-state index in [4.69, 9.17) is 9.73 Å². The van der Waals surface area contributed by atoms with Crippen molar-refractivity contribution in [2.24, 2.45) is 4.99 Å². The van der Waals surface area contributed by atoms with Crippen LogP contribution in [0.1, 0.15) is 43.4 Å². The Hall–Kier alpha value is -3.59. The topological polar surface area (TPSA) is 76.0 Å². The van der Waals surface area contributed by atoms with Gasteiger partial charge in [-0.25, -0.2) is 21.5 Å². The molecule has 1 amide bonds. The first kappa shape index (κ1) is 26.5. The standard InChI is InChI=1S/C28H28F2N2O4S/c1-28(2,3)37(34,35)32-17-21(24-22(29)15-20(36-4)16-23(24)30)26(27(32)33)31-25(18-11-7-5-8-12-18)19-13-9-6-10-14-19/h5-16,21,26H,17H2,1-4H3/t21?,26-/m0/s1. The Labute approximate surface area is 215 Å². The van der Waals surface area contributed by atoms with Crippen molar-refractivity contribution in [3.63, 3.8) is 0 Å². The van der Waals surface area contributed by atoms with Gasteiger partial charge >= 0.3 is 0 Å². The zero-order valence-corrected chi connectivity index (χ0v) is 21.8. The second-order valence-electron chi connectivity index (χ2n) is 9.75. The summed E-state index contributed by atoms with van der Waals surface area (Å²) in [5.74, 6) is -3.94. The van der Waals surface area contributed by atoms with Crippen LogP contribution < -0.4 is 4.74 Å². The number of carbonyl (C=O) groups is 1. The molecule has 1 fully saturated rings. The van der Waals surface area contributed by atoms with E-state index in [1.54, 1.807) is 48.5 Å². The lowest BCUT2D eigenvalue weighted by molar-refractivity contribution is -0.124. The van der Waals surface area contributed by atoms with Crippen molar-refractivity contribution in [3.8, 4) is 5.75 Å². The summed E-state index contributed by atoms with van der Waals surface area (Å²) in [4.78, 5) is 18.4. The number of hydrogen-bond donors (Lipinski definition) is 0. The van der Waals surface area contributed by atoms with Crippen molar-refractivity contribution in [2.75, 3.05) is 13.7 Å². The predicted octanol–water partition coefficient (Wildman–Crippen LogP) is 4.93. The van der Waals surface area contributed by atoms with Crippen LogP contribution in [-0.2, 0) is 14.8 Å². The van der Waals surface area contributed by atoms with Crippen molar-refractivity contribution in [2.45, 2.75) is 37.5 Å². The molecule has 3 aromatic rings. The van der Waals surface area contributed by atoms with Gasteiger partial charge in [0.1, 0.15) is 23.4 Å². The van der Waals surface area contributed by atoms with Crippen LogP contribution >= 0.6 is 0 Å². The summed E-state index contributed by atoms with van der Waals surface area (Å²) >= 11 is 0. The summed E-state index contributed by atoms with van der Waals surface area (Å²) in [7, 11) is -2.88. The van der Waals surface area contributed by atoms with Crippen LogP contribution in [0.5, 0.6) is 5.75 Å². The molecule has 3 aromatic carbocycles. The molecule has 0 bridgehead atoms. The van der Waals surface area contributed by atoms with Crippen molar-refractivity contribution in [1.29, 1.82) is 0 Å². The second-order valence-corrected chi connectivity index (χ2v) is 12.4. The molecule has 1 heterocycles. The fourth-order valence-electron chi connectivity index (χ4n) is 4.31. The quantitative estimate of drug-likeness (QED) is 0.427. The van der Waals surface area contributed by atoms with E-state index in [1.165, 1.54) is 27.9 Å².